The van der Waals surface area contributed by atoms with Crippen molar-refractivity contribution in [3.63, 3.8) is 0 Å². The first-order chi connectivity index (χ1) is 12.0. The largest absolute Gasteiger partial charge is 0.504 e. The molecule has 8 heteroatoms. The van der Waals surface area contributed by atoms with Crippen LogP contribution in [0.1, 0.15) is 16.1 Å². The maximum Gasteiger partial charge on any atom is 0.358 e. The summed E-state index contributed by atoms with van der Waals surface area (Å²) in [6, 6.07) is 12.1. The Hall–Kier alpha value is -3.68. The molecule has 0 saturated heterocycles. The van der Waals surface area contributed by atoms with Crippen LogP contribution in [0.4, 0.5) is 0 Å². The first-order valence-corrected chi connectivity index (χ1v) is 7.13. The van der Waals surface area contributed by atoms with E-state index in [0.717, 1.165) is 5.56 Å². The molecule has 0 aliphatic rings. The lowest BCUT2D eigenvalue weighted by Gasteiger charge is -2.12. The fourth-order valence-corrected chi connectivity index (χ4v) is 2.35. The second kappa shape index (κ2) is 7.73. The molecule has 1 aromatic carbocycles. The number of hydrogen-bond acceptors (Lipinski definition) is 5. The van der Waals surface area contributed by atoms with Gasteiger partial charge in [0.2, 0.25) is 6.41 Å². The van der Waals surface area contributed by atoms with Crippen molar-refractivity contribution in [3.05, 3.63) is 70.3 Å². The number of fused-ring (bicyclic) bond motifs is 1. The topological polar surface area (TPSA) is 136 Å². The maximum atomic E-state index is 12.2. The molecule has 3 rings (SSSR count). The minimum atomic E-state index is -1.35. The molecule has 2 heterocycles. The molecule has 0 saturated carbocycles. The number of primary amides is 1. The van der Waals surface area contributed by atoms with Gasteiger partial charge in [-0.25, -0.2) is 9.78 Å². The Kier molecular flexibility index (Phi) is 5.47. The van der Waals surface area contributed by atoms with Crippen molar-refractivity contribution < 1.29 is 19.8 Å². The van der Waals surface area contributed by atoms with Gasteiger partial charge in [0.15, 0.2) is 11.4 Å². The number of amides is 1. The van der Waals surface area contributed by atoms with Crippen LogP contribution in [0.25, 0.3) is 10.9 Å². The summed E-state index contributed by atoms with van der Waals surface area (Å²) >= 11 is 0. The van der Waals surface area contributed by atoms with Crippen LogP contribution in [0.5, 0.6) is 5.75 Å². The number of aromatic nitrogens is 2. The van der Waals surface area contributed by atoms with Gasteiger partial charge in [0.25, 0.3) is 5.56 Å². The molecule has 3 aromatic rings. The number of hydrogen-bond donors (Lipinski definition) is 3. The first-order valence-electron chi connectivity index (χ1n) is 7.13. The molecule has 128 valence electrons. The Labute approximate surface area is 141 Å². The Balaban J connectivity index is 0.000000701. The standard InChI is InChI=1S/C16H12N2O4.CH3NO/c19-12-7-6-11-8-17-13(16(21)22)15(20)14(11)18(12)9-10-4-2-1-3-5-10;2-1-3/h1-8,20H,9H2,(H,21,22);1H,(H2,2,3). The van der Waals surface area contributed by atoms with Gasteiger partial charge in [-0.05, 0) is 11.6 Å². The highest BCUT2D eigenvalue weighted by atomic mass is 16.4. The van der Waals surface area contributed by atoms with Crippen molar-refractivity contribution in [3.8, 4) is 5.75 Å². The van der Waals surface area contributed by atoms with Crippen molar-refractivity contribution >= 4 is 23.3 Å². The fourth-order valence-electron chi connectivity index (χ4n) is 2.35. The van der Waals surface area contributed by atoms with E-state index in [-0.39, 0.29) is 24.0 Å². The smallest absolute Gasteiger partial charge is 0.358 e. The summed E-state index contributed by atoms with van der Waals surface area (Å²) in [5.74, 6) is -1.85. The van der Waals surface area contributed by atoms with Crippen molar-refractivity contribution in [1.82, 2.24) is 9.55 Å². The van der Waals surface area contributed by atoms with E-state index in [2.05, 4.69) is 10.7 Å². The zero-order valence-electron chi connectivity index (χ0n) is 13.0. The number of carbonyl (C=O) groups is 2. The van der Waals surface area contributed by atoms with Gasteiger partial charge in [-0.3, -0.25) is 9.59 Å². The van der Waals surface area contributed by atoms with Gasteiger partial charge in [0.05, 0.1) is 12.1 Å². The van der Waals surface area contributed by atoms with Gasteiger partial charge in [-0.2, -0.15) is 0 Å². The van der Waals surface area contributed by atoms with Gasteiger partial charge >= 0.3 is 5.97 Å². The highest BCUT2D eigenvalue weighted by molar-refractivity contribution is 5.96. The van der Waals surface area contributed by atoms with Crippen molar-refractivity contribution in [1.29, 1.82) is 0 Å². The summed E-state index contributed by atoms with van der Waals surface area (Å²) in [6.07, 6.45) is 1.58. The molecule has 0 atom stereocenters. The Bertz CT molecular complexity index is 967. The monoisotopic (exact) mass is 341 g/mol. The Morgan fingerprint density at radius 2 is 1.84 bits per heavy atom. The normalized spacial score (nSPS) is 9.92. The summed E-state index contributed by atoms with van der Waals surface area (Å²) in [5.41, 5.74) is 4.41. The molecule has 0 fully saturated rings. The van der Waals surface area contributed by atoms with Crippen LogP contribution in [-0.2, 0) is 11.3 Å². The van der Waals surface area contributed by atoms with Gasteiger partial charge in [0, 0.05) is 17.6 Å². The van der Waals surface area contributed by atoms with E-state index in [1.54, 1.807) is 0 Å². The van der Waals surface area contributed by atoms with Gasteiger partial charge in [-0.1, -0.05) is 30.3 Å². The summed E-state index contributed by atoms with van der Waals surface area (Å²) in [4.78, 5) is 35.6. The summed E-state index contributed by atoms with van der Waals surface area (Å²) in [5, 5.41) is 19.8. The number of rotatable bonds is 3. The van der Waals surface area contributed by atoms with Gasteiger partial charge in [-0.15, -0.1) is 0 Å². The van der Waals surface area contributed by atoms with Crippen LogP contribution >= 0.6 is 0 Å². The third kappa shape index (κ3) is 3.81. The number of pyridine rings is 2. The van der Waals surface area contributed by atoms with E-state index in [9.17, 15) is 14.7 Å². The third-order valence-corrected chi connectivity index (χ3v) is 3.38. The van der Waals surface area contributed by atoms with Crippen LogP contribution in [0.15, 0.2) is 53.5 Å². The molecule has 0 spiro atoms. The van der Waals surface area contributed by atoms with Crippen molar-refractivity contribution in [2.45, 2.75) is 6.54 Å². The molecule has 0 unspecified atom stereocenters. The molecule has 0 bridgehead atoms. The minimum Gasteiger partial charge on any atom is -0.504 e. The van der Waals surface area contributed by atoms with E-state index >= 15 is 0 Å². The summed E-state index contributed by atoms with van der Waals surface area (Å²) in [6.45, 7) is 0.230. The highest BCUT2D eigenvalue weighted by Gasteiger charge is 2.17. The number of carbonyl (C=O) groups excluding carboxylic acids is 1. The average molecular weight is 341 g/mol. The Morgan fingerprint density at radius 1 is 1.20 bits per heavy atom. The average Bonchev–Trinajstić information content (AvgIpc) is 2.59. The van der Waals surface area contributed by atoms with Crippen LogP contribution in [0.3, 0.4) is 0 Å². The predicted molar refractivity (Wildman–Crippen MR) is 90.4 cm³/mol. The van der Waals surface area contributed by atoms with Crippen LogP contribution in [0.2, 0.25) is 0 Å². The second-order valence-electron chi connectivity index (χ2n) is 4.94. The number of aromatic carboxylic acids is 1. The number of aromatic hydroxyl groups is 1. The highest BCUT2D eigenvalue weighted by Crippen LogP contribution is 2.26. The summed E-state index contributed by atoms with van der Waals surface area (Å²) in [7, 11) is 0. The predicted octanol–water partition coefficient (Wildman–Crippen LogP) is 0.950. The zero-order valence-corrected chi connectivity index (χ0v) is 13.0. The number of nitrogens with two attached hydrogens (primary N) is 1. The third-order valence-electron chi connectivity index (χ3n) is 3.38. The molecule has 25 heavy (non-hydrogen) atoms. The number of carboxylic acid groups (broad SMARTS) is 1. The van der Waals surface area contributed by atoms with E-state index < -0.39 is 17.4 Å². The van der Waals surface area contributed by atoms with Gasteiger partial charge < -0.3 is 20.5 Å². The SMILES string of the molecule is NC=O.O=C(O)c1ncc2ccc(=O)n(Cc3ccccc3)c2c1O. The second-order valence-corrected chi connectivity index (χ2v) is 4.94. The molecular formula is C17H15N3O5. The Morgan fingerprint density at radius 3 is 2.44 bits per heavy atom. The maximum absolute atomic E-state index is 12.2. The molecular weight excluding hydrogens is 326 g/mol. The van der Waals surface area contributed by atoms with E-state index in [4.69, 9.17) is 9.90 Å². The molecule has 0 aliphatic heterocycles. The molecule has 0 radical (unpaired) electrons. The molecule has 8 nitrogen and oxygen atoms in total. The lowest BCUT2D eigenvalue weighted by atomic mass is 10.1. The van der Waals surface area contributed by atoms with Crippen LogP contribution in [-0.4, -0.2) is 32.1 Å². The van der Waals surface area contributed by atoms with Crippen LogP contribution in [0, 0.1) is 0 Å². The molecule has 1 amide bonds. The lowest BCUT2D eigenvalue weighted by molar-refractivity contribution is -0.106. The summed E-state index contributed by atoms with van der Waals surface area (Å²) < 4.78 is 1.34. The van der Waals surface area contributed by atoms with Crippen LogP contribution < -0.4 is 11.3 Å². The zero-order chi connectivity index (χ0) is 18.4. The molecule has 2 aromatic heterocycles. The minimum absolute atomic E-state index is 0.170. The van der Waals surface area contributed by atoms with Crippen molar-refractivity contribution in [2.75, 3.05) is 0 Å². The first kappa shape index (κ1) is 17.7. The van der Waals surface area contributed by atoms with E-state index in [1.807, 2.05) is 30.3 Å². The number of nitrogens with zero attached hydrogens (tertiary/aromatic N) is 2. The fraction of sp³-hybridized carbons (Fsp3) is 0.0588. The quantitative estimate of drug-likeness (QED) is 0.607. The van der Waals surface area contributed by atoms with E-state index in [0.29, 0.717) is 5.39 Å². The van der Waals surface area contributed by atoms with E-state index in [1.165, 1.54) is 22.9 Å². The molecule has 4 N–H and O–H groups in total. The molecule has 0 aliphatic carbocycles. The number of benzene rings is 1. The van der Waals surface area contributed by atoms with Gasteiger partial charge in [0.1, 0.15) is 0 Å². The van der Waals surface area contributed by atoms with Crippen molar-refractivity contribution in [2.24, 2.45) is 5.73 Å². The number of carboxylic acids is 1. The lowest BCUT2D eigenvalue weighted by Crippen LogP contribution is -2.20.